The lowest BCUT2D eigenvalue weighted by molar-refractivity contribution is -0.0535. The van der Waals surface area contributed by atoms with Crippen LogP contribution in [0, 0.1) is 5.92 Å². The molecule has 3 heterocycles. The highest BCUT2D eigenvalue weighted by atomic mass is 16.5. The number of hydrogen-bond donors (Lipinski definition) is 0. The summed E-state index contributed by atoms with van der Waals surface area (Å²) in [4.78, 5) is 18.3. The number of ether oxygens (including phenoxy) is 2. The standard InChI is InChI=1S/C16H29N3O3/c1-17(2)15(20)19-7-8-21-13-16(12-19)9-14(11-22-16)10-18-5-3-4-6-18/h14H,3-13H2,1-2H3. The minimum atomic E-state index is -0.299. The molecule has 0 aromatic heterocycles. The minimum absolute atomic E-state index is 0.0523. The molecule has 3 aliphatic rings. The third-order valence-electron chi connectivity index (χ3n) is 5.00. The number of likely N-dealkylation sites (tertiary alicyclic amines) is 1. The fraction of sp³-hybridized carbons (Fsp3) is 0.938. The Kier molecular flexibility index (Phi) is 4.90. The van der Waals surface area contributed by atoms with E-state index < -0.39 is 0 Å². The molecular formula is C16H29N3O3. The number of rotatable bonds is 2. The highest BCUT2D eigenvalue weighted by Gasteiger charge is 2.44. The quantitative estimate of drug-likeness (QED) is 0.759. The Morgan fingerprint density at radius 2 is 2.05 bits per heavy atom. The number of nitrogens with zero attached hydrogens (tertiary/aromatic N) is 3. The topological polar surface area (TPSA) is 45.2 Å². The Labute approximate surface area is 133 Å². The maximum Gasteiger partial charge on any atom is 0.319 e. The van der Waals surface area contributed by atoms with Crippen molar-refractivity contribution in [3.8, 4) is 0 Å². The van der Waals surface area contributed by atoms with Gasteiger partial charge in [-0.3, -0.25) is 0 Å². The molecule has 22 heavy (non-hydrogen) atoms. The lowest BCUT2D eigenvalue weighted by atomic mass is 9.94. The minimum Gasteiger partial charge on any atom is -0.377 e. The van der Waals surface area contributed by atoms with Crippen molar-refractivity contribution >= 4 is 6.03 Å². The van der Waals surface area contributed by atoms with Crippen molar-refractivity contribution in [2.45, 2.75) is 24.9 Å². The molecule has 0 aliphatic carbocycles. The van der Waals surface area contributed by atoms with Crippen LogP contribution in [0.5, 0.6) is 0 Å². The Morgan fingerprint density at radius 3 is 2.77 bits per heavy atom. The van der Waals surface area contributed by atoms with E-state index in [4.69, 9.17) is 9.47 Å². The molecule has 1 spiro atoms. The summed E-state index contributed by atoms with van der Waals surface area (Å²) >= 11 is 0. The average Bonchev–Trinajstić information content (AvgIpc) is 3.07. The second kappa shape index (κ2) is 6.72. The van der Waals surface area contributed by atoms with Crippen molar-refractivity contribution in [3.05, 3.63) is 0 Å². The third kappa shape index (κ3) is 3.55. The van der Waals surface area contributed by atoms with E-state index >= 15 is 0 Å². The molecule has 2 atom stereocenters. The van der Waals surface area contributed by atoms with Gasteiger partial charge >= 0.3 is 6.03 Å². The second-order valence-corrected chi connectivity index (χ2v) is 7.22. The van der Waals surface area contributed by atoms with Crippen molar-refractivity contribution in [1.29, 1.82) is 0 Å². The zero-order valence-corrected chi connectivity index (χ0v) is 13.9. The Bertz CT molecular complexity index is 398. The largest absolute Gasteiger partial charge is 0.377 e. The molecule has 0 aromatic carbocycles. The van der Waals surface area contributed by atoms with Gasteiger partial charge in [0.25, 0.3) is 0 Å². The first-order valence-corrected chi connectivity index (χ1v) is 8.48. The maximum atomic E-state index is 12.3. The van der Waals surface area contributed by atoms with E-state index in [1.807, 2.05) is 4.90 Å². The van der Waals surface area contributed by atoms with Crippen LogP contribution >= 0.6 is 0 Å². The zero-order valence-electron chi connectivity index (χ0n) is 13.9. The molecule has 6 nitrogen and oxygen atoms in total. The van der Waals surface area contributed by atoms with E-state index in [-0.39, 0.29) is 11.6 Å². The van der Waals surface area contributed by atoms with Crippen LogP contribution in [0.2, 0.25) is 0 Å². The van der Waals surface area contributed by atoms with Gasteiger partial charge in [-0.2, -0.15) is 0 Å². The molecule has 0 aromatic rings. The monoisotopic (exact) mass is 311 g/mol. The maximum absolute atomic E-state index is 12.3. The zero-order chi connectivity index (χ0) is 15.6. The predicted octanol–water partition coefficient (Wildman–Crippen LogP) is 0.871. The summed E-state index contributed by atoms with van der Waals surface area (Å²) in [6, 6.07) is 0.0523. The fourth-order valence-corrected chi connectivity index (χ4v) is 3.95. The van der Waals surface area contributed by atoms with Gasteiger partial charge in [0.2, 0.25) is 0 Å². The molecule has 2 unspecified atom stereocenters. The number of carbonyl (C=O) groups is 1. The van der Waals surface area contributed by atoms with Gasteiger partial charge in [-0.25, -0.2) is 4.79 Å². The van der Waals surface area contributed by atoms with Gasteiger partial charge in [0.1, 0.15) is 5.60 Å². The van der Waals surface area contributed by atoms with Crippen molar-refractivity contribution in [2.75, 3.05) is 66.6 Å². The van der Waals surface area contributed by atoms with Gasteiger partial charge in [0.15, 0.2) is 0 Å². The molecule has 3 aliphatic heterocycles. The summed E-state index contributed by atoms with van der Waals surface area (Å²) in [5.74, 6) is 0.566. The van der Waals surface area contributed by atoms with E-state index in [1.54, 1.807) is 19.0 Å². The van der Waals surface area contributed by atoms with Gasteiger partial charge in [0.05, 0.1) is 26.4 Å². The average molecular weight is 311 g/mol. The summed E-state index contributed by atoms with van der Waals surface area (Å²) in [7, 11) is 3.60. The van der Waals surface area contributed by atoms with Gasteiger partial charge < -0.3 is 24.2 Å². The molecule has 0 N–H and O–H groups in total. The van der Waals surface area contributed by atoms with Crippen molar-refractivity contribution in [1.82, 2.24) is 14.7 Å². The number of carbonyl (C=O) groups excluding carboxylic acids is 1. The van der Waals surface area contributed by atoms with Crippen LogP contribution < -0.4 is 0 Å². The van der Waals surface area contributed by atoms with E-state index in [1.165, 1.54) is 25.9 Å². The van der Waals surface area contributed by atoms with E-state index in [0.29, 0.717) is 32.2 Å². The van der Waals surface area contributed by atoms with Crippen LogP contribution in [0.1, 0.15) is 19.3 Å². The van der Waals surface area contributed by atoms with Crippen LogP contribution in [0.4, 0.5) is 4.79 Å². The highest BCUT2D eigenvalue weighted by Crippen LogP contribution is 2.33. The van der Waals surface area contributed by atoms with Crippen molar-refractivity contribution in [3.63, 3.8) is 0 Å². The normalized spacial score (nSPS) is 33.4. The van der Waals surface area contributed by atoms with Crippen LogP contribution in [-0.4, -0.2) is 93.0 Å². The molecule has 0 radical (unpaired) electrons. The van der Waals surface area contributed by atoms with Crippen LogP contribution in [-0.2, 0) is 9.47 Å². The van der Waals surface area contributed by atoms with Gasteiger partial charge in [0, 0.05) is 27.2 Å². The van der Waals surface area contributed by atoms with Crippen molar-refractivity contribution < 1.29 is 14.3 Å². The Hall–Kier alpha value is -0.850. The lowest BCUT2D eigenvalue weighted by Crippen LogP contribution is -2.49. The van der Waals surface area contributed by atoms with Crippen LogP contribution in [0.3, 0.4) is 0 Å². The first kappa shape index (κ1) is 16.0. The lowest BCUT2D eigenvalue weighted by Gasteiger charge is -2.32. The molecule has 0 saturated carbocycles. The Morgan fingerprint density at radius 1 is 1.27 bits per heavy atom. The SMILES string of the molecule is CN(C)C(=O)N1CCOCC2(CC(CN3CCCC3)CO2)C1. The van der Waals surface area contributed by atoms with Crippen molar-refractivity contribution in [2.24, 2.45) is 5.92 Å². The summed E-state index contributed by atoms with van der Waals surface area (Å²) in [6.45, 7) is 6.89. The molecule has 2 amide bonds. The van der Waals surface area contributed by atoms with Crippen LogP contribution in [0.25, 0.3) is 0 Å². The number of amides is 2. The van der Waals surface area contributed by atoms with E-state index in [2.05, 4.69) is 4.90 Å². The van der Waals surface area contributed by atoms with E-state index in [9.17, 15) is 4.79 Å². The summed E-state index contributed by atoms with van der Waals surface area (Å²) < 4.78 is 11.9. The summed E-state index contributed by atoms with van der Waals surface area (Å²) in [6.07, 6.45) is 3.65. The van der Waals surface area contributed by atoms with E-state index in [0.717, 1.165) is 19.6 Å². The van der Waals surface area contributed by atoms with Gasteiger partial charge in [-0.15, -0.1) is 0 Å². The molecular weight excluding hydrogens is 282 g/mol. The molecule has 0 bridgehead atoms. The smallest absolute Gasteiger partial charge is 0.319 e. The van der Waals surface area contributed by atoms with Crippen LogP contribution in [0.15, 0.2) is 0 Å². The fourth-order valence-electron chi connectivity index (χ4n) is 3.95. The third-order valence-corrected chi connectivity index (χ3v) is 5.00. The first-order valence-electron chi connectivity index (χ1n) is 8.48. The van der Waals surface area contributed by atoms with Gasteiger partial charge in [-0.1, -0.05) is 0 Å². The second-order valence-electron chi connectivity index (χ2n) is 7.22. The Balaban J connectivity index is 1.60. The number of hydrogen-bond acceptors (Lipinski definition) is 4. The molecule has 3 rings (SSSR count). The first-order chi connectivity index (χ1) is 10.6. The number of urea groups is 1. The molecule has 6 heteroatoms. The molecule has 3 fully saturated rings. The predicted molar refractivity (Wildman–Crippen MR) is 83.9 cm³/mol. The summed E-state index contributed by atoms with van der Waals surface area (Å²) in [5.41, 5.74) is -0.299. The highest BCUT2D eigenvalue weighted by molar-refractivity contribution is 5.74. The summed E-state index contributed by atoms with van der Waals surface area (Å²) in [5, 5.41) is 0. The molecule has 3 saturated heterocycles. The van der Waals surface area contributed by atoms with Gasteiger partial charge in [-0.05, 0) is 38.3 Å². The molecule has 126 valence electrons.